The molecule has 0 fully saturated rings. The summed E-state index contributed by atoms with van der Waals surface area (Å²) in [6.07, 6.45) is 2.38. The molecule has 0 bridgehead atoms. The summed E-state index contributed by atoms with van der Waals surface area (Å²) < 4.78 is 5.35. The lowest BCUT2D eigenvalue weighted by molar-refractivity contribution is -0.147. The summed E-state index contributed by atoms with van der Waals surface area (Å²) in [6.45, 7) is 0.0426. The van der Waals surface area contributed by atoms with Gasteiger partial charge in [-0.1, -0.05) is 23.7 Å². The van der Waals surface area contributed by atoms with Crippen LogP contribution in [0.5, 0.6) is 0 Å². The molecule has 5 nitrogen and oxygen atoms in total. The first-order valence-corrected chi connectivity index (χ1v) is 10.0. The minimum absolute atomic E-state index is 0.0426. The zero-order valence-electron chi connectivity index (χ0n) is 14.8. The van der Waals surface area contributed by atoms with Gasteiger partial charge in [0.05, 0.1) is 11.6 Å². The van der Waals surface area contributed by atoms with Crippen LogP contribution >= 0.6 is 23.4 Å². The van der Waals surface area contributed by atoms with Gasteiger partial charge >= 0.3 is 5.97 Å². The van der Waals surface area contributed by atoms with E-state index in [0.717, 1.165) is 5.56 Å². The van der Waals surface area contributed by atoms with Crippen molar-refractivity contribution < 1.29 is 14.3 Å². The van der Waals surface area contributed by atoms with Gasteiger partial charge in [0.1, 0.15) is 12.6 Å². The maximum absolute atomic E-state index is 12.5. The van der Waals surface area contributed by atoms with Crippen LogP contribution < -0.4 is 5.32 Å². The Kier molecular flexibility index (Phi) is 8.18. The predicted octanol–water partition coefficient (Wildman–Crippen LogP) is 3.81. The number of hydrogen-bond donors (Lipinski definition) is 1. The molecule has 0 aliphatic carbocycles. The summed E-state index contributed by atoms with van der Waals surface area (Å²) in [4.78, 5) is 24.9. The predicted molar refractivity (Wildman–Crippen MR) is 107 cm³/mol. The van der Waals surface area contributed by atoms with E-state index in [1.165, 1.54) is 0 Å². The fraction of sp³-hybridized carbons (Fsp3) is 0.250. The van der Waals surface area contributed by atoms with Crippen LogP contribution in [-0.4, -0.2) is 29.9 Å². The summed E-state index contributed by atoms with van der Waals surface area (Å²) in [5.74, 6) is -0.167. The lowest BCUT2D eigenvalue weighted by Crippen LogP contribution is -2.42. The molecule has 0 saturated heterocycles. The van der Waals surface area contributed by atoms with Gasteiger partial charge in [0.15, 0.2) is 0 Å². The summed E-state index contributed by atoms with van der Waals surface area (Å²) in [5, 5.41) is 12.2. The number of carbonyl (C=O) groups is 2. The van der Waals surface area contributed by atoms with Gasteiger partial charge in [-0.15, -0.1) is 0 Å². The third-order valence-corrected chi connectivity index (χ3v) is 4.64. The zero-order valence-corrected chi connectivity index (χ0v) is 16.3. The van der Waals surface area contributed by atoms with Crippen LogP contribution in [0.2, 0.25) is 5.02 Å². The number of esters is 1. The first-order valence-electron chi connectivity index (χ1n) is 8.24. The first-order chi connectivity index (χ1) is 13.0. The average molecular weight is 403 g/mol. The van der Waals surface area contributed by atoms with Crippen LogP contribution in [0.25, 0.3) is 0 Å². The topological polar surface area (TPSA) is 79.2 Å². The van der Waals surface area contributed by atoms with Crippen LogP contribution in [0.15, 0.2) is 48.5 Å². The van der Waals surface area contributed by atoms with Crippen molar-refractivity contribution in [2.24, 2.45) is 0 Å². The zero-order chi connectivity index (χ0) is 19.6. The lowest BCUT2D eigenvalue weighted by Gasteiger charge is -2.17. The highest BCUT2D eigenvalue weighted by atomic mass is 35.5. The number of nitriles is 1. The summed E-state index contributed by atoms with van der Waals surface area (Å²) in [5.41, 5.74) is 1.64. The van der Waals surface area contributed by atoms with E-state index in [9.17, 15) is 9.59 Å². The Hall–Kier alpha value is -2.49. The molecule has 27 heavy (non-hydrogen) atoms. The van der Waals surface area contributed by atoms with Crippen molar-refractivity contribution >= 4 is 35.2 Å². The first kappa shape index (κ1) is 20.8. The molecule has 0 spiro atoms. The van der Waals surface area contributed by atoms with Crippen molar-refractivity contribution in [3.63, 3.8) is 0 Å². The SMILES string of the molecule is CSCC[C@H](NC(=O)c1ccc(Cl)cc1)C(=O)OCc1cccc(C#N)c1. The van der Waals surface area contributed by atoms with Crippen LogP contribution in [0.4, 0.5) is 0 Å². The van der Waals surface area contributed by atoms with Gasteiger partial charge in [-0.25, -0.2) is 4.79 Å². The van der Waals surface area contributed by atoms with Crippen molar-refractivity contribution in [2.45, 2.75) is 19.1 Å². The molecular formula is C20H19ClN2O3S. The Bertz CT molecular complexity index is 834. The van der Waals surface area contributed by atoms with Gasteiger partial charge in [-0.05, 0) is 60.4 Å². The monoisotopic (exact) mass is 402 g/mol. The van der Waals surface area contributed by atoms with E-state index in [4.69, 9.17) is 21.6 Å². The number of ether oxygens (including phenoxy) is 1. The molecule has 2 aromatic rings. The number of hydrogen-bond acceptors (Lipinski definition) is 5. The van der Waals surface area contributed by atoms with Gasteiger partial charge in [0.25, 0.3) is 5.91 Å². The van der Waals surface area contributed by atoms with E-state index in [-0.39, 0.29) is 12.5 Å². The van der Waals surface area contributed by atoms with E-state index in [2.05, 4.69) is 5.32 Å². The summed E-state index contributed by atoms with van der Waals surface area (Å²) in [6, 6.07) is 14.6. The number of carbonyl (C=O) groups excluding carboxylic acids is 2. The van der Waals surface area contributed by atoms with Crippen molar-refractivity contribution in [2.75, 3.05) is 12.0 Å². The van der Waals surface area contributed by atoms with Crippen molar-refractivity contribution in [3.05, 3.63) is 70.2 Å². The second kappa shape index (κ2) is 10.6. The maximum Gasteiger partial charge on any atom is 0.329 e. The van der Waals surface area contributed by atoms with E-state index < -0.39 is 12.0 Å². The quantitative estimate of drug-likeness (QED) is 0.679. The number of nitrogens with one attached hydrogen (secondary N) is 1. The second-order valence-corrected chi connectivity index (χ2v) is 7.16. The van der Waals surface area contributed by atoms with Crippen molar-refractivity contribution in [1.29, 1.82) is 5.26 Å². The Morgan fingerprint density at radius 1 is 1.26 bits per heavy atom. The Morgan fingerprint density at radius 3 is 2.67 bits per heavy atom. The highest BCUT2D eigenvalue weighted by molar-refractivity contribution is 7.98. The number of halogens is 1. The standard InChI is InChI=1S/C20H19ClN2O3S/c1-27-10-9-18(23-19(24)16-5-7-17(21)8-6-16)20(25)26-13-15-4-2-3-14(11-15)12-22/h2-8,11,18H,9-10,13H2,1H3,(H,23,24)/t18-/m0/s1. The molecule has 1 atom stereocenters. The number of rotatable bonds is 8. The number of nitrogens with zero attached hydrogens (tertiary/aromatic N) is 1. The molecule has 0 unspecified atom stereocenters. The van der Waals surface area contributed by atoms with Crippen LogP contribution in [0, 0.1) is 11.3 Å². The van der Waals surface area contributed by atoms with Gasteiger partial charge in [-0.2, -0.15) is 17.0 Å². The molecule has 7 heteroatoms. The lowest BCUT2D eigenvalue weighted by atomic mass is 10.1. The van der Waals surface area contributed by atoms with E-state index >= 15 is 0 Å². The maximum atomic E-state index is 12.5. The smallest absolute Gasteiger partial charge is 0.329 e. The van der Waals surface area contributed by atoms with Crippen LogP contribution in [0.3, 0.4) is 0 Å². The van der Waals surface area contributed by atoms with Gasteiger partial charge in [0, 0.05) is 10.6 Å². The fourth-order valence-electron chi connectivity index (χ4n) is 2.31. The number of benzene rings is 2. The average Bonchev–Trinajstić information content (AvgIpc) is 2.69. The molecule has 0 radical (unpaired) electrons. The molecule has 0 aliphatic rings. The van der Waals surface area contributed by atoms with E-state index in [1.54, 1.807) is 60.3 Å². The summed E-state index contributed by atoms with van der Waals surface area (Å²) >= 11 is 7.41. The number of thioether (sulfide) groups is 1. The molecule has 0 aliphatic heterocycles. The summed E-state index contributed by atoms with van der Waals surface area (Å²) in [7, 11) is 0. The molecule has 0 heterocycles. The molecule has 0 aromatic heterocycles. The molecular weight excluding hydrogens is 384 g/mol. The van der Waals surface area contributed by atoms with Gasteiger partial charge in [-0.3, -0.25) is 4.79 Å². The third kappa shape index (κ3) is 6.63. The minimum Gasteiger partial charge on any atom is -0.459 e. The second-order valence-electron chi connectivity index (χ2n) is 5.73. The molecule has 0 saturated carbocycles. The number of amides is 1. The van der Waals surface area contributed by atoms with Crippen LogP contribution in [-0.2, 0) is 16.1 Å². The van der Waals surface area contributed by atoms with E-state index in [0.29, 0.717) is 28.3 Å². The molecule has 2 rings (SSSR count). The highest BCUT2D eigenvalue weighted by Crippen LogP contribution is 2.12. The van der Waals surface area contributed by atoms with Crippen LogP contribution in [0.1, 0.15) is 27.9 Å². The Labute approximate surface area is 167 Å². The Morgan fingerprint density at radius 2 is 2.00 bits per heavy atom. The Balaban J connectivity index is 2.00. The highest BCUT2D eigenvalue weighted by Gasteiger charge is 2.22. The van der Waals surface area contributed by atoms with Gasteiger partial charge < -0.3 is 10.1 Å². The van der Waals surface area contributed by atoms with E-state index in [1.807, 2.05) is 12.3 Å². The molecule has 2 aromatic carbocycles. The molecule has 1 N–H and O–H groups in total. The third-order valence-electron chi connectivity index (χ3n) is 3.74. The van der Waals surface area contributed by atoms with Crippen molar-refractivity contribution in [3.8, 4) is 6.07 Å². The molecule has 1 amide bonds. The fourth-order valence-corrected chi connectivity index (χ4v) is 2.91. The normalized spacial score (nSPS) is 11.3. The van der Waals surface area contributed by atoms with Gasteiger partial charge in [0.2, 0.25) is 0 Å². The molecule has 140 valence electrons. The minimum atomic E-state index is -0.750. The largest absolute Gasteiger partial charge is 0.459 e. The van der Waals surface area contributed by atoms with Crippen molar-refractivity contribution in [1.82, 2.24) is 5.32 Å².